The minimum absolute atomic E-state index is 0.0938. The molecule has 0 saturated heterocycles. The van der Waals surface area contributed by atoms with Gasteiger partial charge in [-0.15, -0.1) is 0 Å². The van der Waals surface area contributed by atoms with Crippen molar-refractivity contribution >= 4 is 5.91 Å². The molecule has 1 aliphatic rings. The normalized spacial score (nSPS) is 21.1. The van der Waals surface area contributed by atoms with Crippen LogP contribution >= 0.6 is 0 Å². The molecule has 2 N–H and O–H groups in total. The van der Waals surface area contributed by atoms with Gasteiger partial charge < -0.3 is 10.4 Å². The van der Waals surface area contributed by atoms with Gasteiger partial charge in [0.1, 0.15) is 0 Å². The van der Waals surface area contributed by atoms with Crippen LogP contribution in [0.4, 0.5) is 0 Å². The van der Waals surface area contributed by atoms with Crippen molar-refractivity contribution < 1.29 is 9.90 Å². The summed E-state index contributed by atoms with van der Waals surface area (Å²) in [6.07, 6.45) is 0.945. The summed E-state index contributed by atoms with van der Waals surface area (Å²) in [5.41, 5.74) is 2.14. The van der Waals surface area contributed by atoms with Crippen LogP contribution in [0.5, 0.6) is 0 Å². The lowest BCUT2D eigenvalue weighted by molar-refractivity contribution is -0.122. The number of nitrogens with one attached hydrogen (secondary N) is 1. The van der Waals surface area contributed by atoms with Crippen LogP contribution in [-0.2, 0) is 4.79 Å². The van der Waals surface area contributed by atoms with E-state index in [2.05, 4.69) is 17.4 Å². The maximum atomic E-state index is 12.1. The van der Waals surface area contributed by atoms with E-state index >= 15 is 0 Å². The smallest absolute Gasteiger partial charge is 0.223 e. The van der Waals surface area contributed by atoms with Crippen molar-refractivity contribution in [2.75, 3.05) is 6.54 Å². The molecule has 2 aromatic rings. The predicted molar refractivity (Wildman–Crippen MR) is 86.3 cm³/mol. The van der Waals surface area contributed by atoms with Gasteiger partial charge in [-0.3, -0.25) is 4.79 Å². The summed E-state index contributed by atoms with van der Waals surface area (Å²) in [6.45, 7) is 0.507. The number of carbonyl (C=O) groups excluding carboxylic acids is 1. The summed E-state index contributed by atoms with van der Waals surface area (Å²) < 4.78 is 0. The third kappa shape index (κ3) is 3.55. The minimum atomic E-state index is -0.523. The fourth-order valence-corrected chi connectivity index (χ4v) is 2.86. The fraction of sp³-hybridized carbons (Fsp3) is 0.316. The van der Waals surface area contributed by atoms with E-state index in [1.807, 2.05) is 48.5 Å². The van der Waals surface area contributed by atoms with Gasteiger partial charge in [0.15, 0.2) is 0 Å². The standard InChI is InChI=1S/C19H21NO2/c21-18(15-9-5-2-6-10-15)11-12-20-19(22)17-13-16(17)14-7-3-1-4-8-14/h1-10,16-18,21H,11-13H2,(H,20,22). The summed E-state index contributed by atoms with van der Waals surface area (Å²) in [7, 11) is 0. The Balaban J connectivity index is 1.42. The Kier molecular flexibility index (Phi) is 4.54. The lowest BCUT2D eigenvalue weighted by Gasteiger charge is -2.11. The highest BCUT2D eigenvalue weighted by molar-refractivity contribution is 5.82. The van der Waals surface area contributed by atoms with Gasteiger partial charge in [-0.25, -0.2) is 0 Å². The Labute approximate surface area is 131 Å². The van der Waals surface area contributed by atoms with Crippen LogP contribution in [0.25, 0.3) is 0 Å². The molecule has 114 valence electrons. The number of hydrogen-bond donors (Lipinski definition) is 2. The molecule has 1 saturated carbocycles. The van der Waals surface area contributed by atoms with E-state index in [0.29, 0.717) is 18.9 Å². The van der Waals surface area contributed by atoms with E-state index in [1.54, 1.807) is 0 Å². The summed E-state index contributed by atoms with van der Waals surface area (Å²) in [4.78, 5) is 12.1. The van der Waals surface area contributed by atoms with E-state index in [9.17, 15) is 9.90 Å². The van der Waals surface area contributed by atoms with Crippen LogP contribution in [0.1, 0.15) is 36.0 Å². The zero-order chi connectivity index (χ0) is 15.4. The van der Waals surface area contributed by atoms with Crippen LogP contribution in [0.2, 0.25) is 0 Å². The number of aliphatic hydroxyl groups excluding tert-OH is 1. The van der Waals surface area contributed by atoms with E-state index < -0.39 is 6.10 Å². The first-order valence-corrected chi connectivity index (χ1v) is 7.81. The van der Waals surface area contributed by atoms with Crippen molar-refractivity contribution in [2.24, 2.45) is 5.92 Å². The molecule has 1 aliphatic carbocycles. The summed E-state index contributed by atoms with van der Waals surface area (Å²) >= 11 is 0. The Bertz CT molecular complexity index is 612. The number of hydrogen-bond acceptors (Lipinski definition) is 2. The van der Waals surface area contributed by atoms with Crippen molar-refractivity contribution in [3.8, 4) is 0 Å². The van der Waals surface area contributed by atoms with Crippen molar-refractivity contribution in [1.29, 1.82) is 0 Å². The summed E-state index contributed by atoms with van der Waals surface area (Å²) in [5, 5.41) is 13.0. The van der Waals surface area contributed by atoms with Crippen molar-refractivity contribution in [3.05, 3.63) is 71.8 Å². The zero-order valence-electron chi connectivity index (χ0n) is 12.5. The van der Waals surface area contributed by atoms with E-state index in [4.69, 9.17) is 0 Å². The van der Waals surface area contributed by atoms with Gasteiger partial charge >= 0.3 is 0 Å². The number of carbonyl (C=O) groups is 1. The second kappa shape index (κ2) is 6.75. The van der Waals surface area contributed by atoms with Gasteiger partial charge in [-0.1, -0.05) is 60.7 Å². The highest BCUT2D eigenvalue weighted by Gasteiger charge is 2.43. The van der Waals surface area contributed by atoms with E-state index in [-0.39, 0.29) is 11.8 Å². The molecule has 0 spiro atoms. The Hall–Kier alpha value is -2.13. The highest BCUT2D eigenvalue weighted by atomic mass is 16.3. The fourth-order valence-electron chi connectivity index (χ4n) is 2.86. The third-order valence-electron chi connectivity index (χ3n) is 4.26. The van der Waals surface area contributed by atoms with Crippen LogP contribution in [0.3, 0.4) is 0 Å². The molecule has 3 rings (SSSR count). The Morgan fingerprint density at radius 3 is 2.41 bits per heavy atom. The molecule has 0 heterocycles. The molecule has 3 atom stereocenters. The predicted octanol–water partition coefficient (Wildman–Crippen LogP) is 3.03. The molecule has 0 bridgehead atoms. The van der Waals surface area contributed by atoms with Crippen LogP contribution in [-0.4, -0.2) is 17.6 Å². The van der Waals surface area contributed by atoms with E-state index in [1.165, 1.54) is 5.56 Å². The molecule has 0 aromatic heterocycles. The van der Waals surface area contributed by atoms with Crippen LogP contribution in [0, 0.1) is 5.92 Å². The molecule has 3 heteroatoms. The van der Waals surface area contributed by atoms with Gasteiger partial charge in [-0.05, 0) is 29.9 Å². The molecule has 3 nitrogen and oxygen atoms in total. The van der Waals surface area contributed by atoms with Gasteiger partial charge in [0.2, 0.25) is 5.91 Å². The highest BCUT2D eigenvalue weighted by Crippen LogP contribution is 2.47. The average molecular weight is 295 g/mol. The third-order valence-corrected chi connectivity index (χ3v) is 4.26. The SMILES string of the molecule is O=C(NCCC(O)c1ccccc1)C1CC1c1ccccc1. The first-order chi connectivity index (χ1) is 10.8. The molecule has 2 aromatic carbocycles. The van der Waals surface area contributed by atoms with Gasteiger partial charge in [0, 0.05) is 12.5 Å². The van der Waals surface area contributed by atoms with Crippen molar-refractivity contribution in [3.63, 3.8) is 0 Å². The van der Waals surface area contributed by atoms with Gasteiger partial charge in [0.25, 0.3) is 0 Å². The molecule has 0 radical (unpaired) electrons. The molecular formula is C19H21NO2. The Morgan fingerprint density at radius 1 is 1.09 bits per heavy atom. The van der Waals surface area contributed by atoms with Gasteiger partial charge in [-0.2, -0.15) is 0 Å². The first kappa shape index (κ1) is 14.8. The van der Waals surface area contributed by atoms with Crippen molar-refractivity contribution in [1.82, 2.24) is 5.32 Å². The molecule has 0 aliphatic heterocycles. The molecule has 1 amide bonds. The minimum Gasteiger partial charge on any atom is -0.388 e. The van der Waals surface area contributed by atoms with E-state index in [0.717, 1.165) is 12.0 Å². The lowest BCUT2D eigenvalue weighted by Crippen LogP contribution is -2.27. The van der Waals surface area contributed by atoms with Gasteiger partial charge in [0.05, 0.1) is 6.10 Å². The van der Waals surface area contributed by atoms with Crippen LogP contribution in [0.15, 0.2) is 60.7 Å². The number of benzene rings is 2. The molecule has 1 fully saturated rings. The quantitative estimate of drug-likeness (QED) is 0.860. The Morgan fingerprint density at radius 2 is 1.73 bits per heavy atom. The molecule has 22 heavy (non-hydrogen) atoms. The number of amides is 1. The maximum Gasteiger partial charge on any atom is 0.223 e. The first-order valence-electron chi connectivity index (χ1n) is 7.81. The summed E-state index contributed by atoms with van der Waals surface area (Å²) in [5.74, 6) is 0.561. The second-order valence-corrected chi connectivity index (χ2v) is 5.87. The van der Waals surface area contributed by atoms with Crippen molar-refractivity contribution in [2.45, 2.75) is 24.9 Å². The topological polar surface area (TPSA) is 49.3 Å². The number of rotatable bonds is 6. The zero-order valence-corrected chi connectivity index (χ0v) is 12.5. The average Bonchev–Trinajstić information content (AvgIpc) is 3.37. The monoisotopic (exact) mass is 295 g/mol. The lowest BCUT2D eigenvalue weighted by atomic mass is 10.1. The molecule has 3 unspecified atom stereocenters. The number of aliphatic hydroxyl groups is 1. The largest absolute Gasteiger partial charge is 0.388 e. The summed E-state index contributed by atoms with van der Waals surface area (Å²) in [6, 6.07) is 19.7. The maximum absolute atomic E-state index is 12.1. The second-order valence-electron chi connectivity index (χ2n) is 5.87. The van der Waals surface area contributed by atoms with Crippen LogP contribution < -0.4 is 5.32 Å². The molecular weight excluding hydrogens is 274 g/mol.